The molecule has 0 atom stereocenters. The van der Waals surface area contributed by atoms with Crippen molar-refractivity contribution in [1.29, 1.82) is 0 Å². The van der Waals surface area contributed by atoms with Crippen molar-refractivity contribution >= 4 is 34.7 Å². The molecular weight excluding hydrogens is 364 g/mol. The number of benzene rings is 2. The molecule has 0 saturated carbocycles. The summed E-state index contributed by atoms with van der Waals surface area (Å²) in [6.45, 7) is 4.47. The number of aryl methyl sites for hydroxylation is 2. The van der Waals surface area contributed by atoms with Crippen molar-refractivity contribution in [2.45, 2.75) is 29.7 Å². The van der Waals surface area contributed by atoms with E-state index < -0.39 is 0 Å². The van der Waals surface area contributed by atoms with Crippen molar-refractivity contribution in [3.05, 3.63) is 70.2 Å². The maximum atomic E-state index is 12.5. The number of carbonyl (C=O) groups is 1. The minimum absolute atomic E-state index is 0.123. The van der Waals surface area contributed by atoms with Gasteiger partial charge < -0.3 is 10.1 Å². The van der Waals surface area contributed by atoms with E-state index in [4.69, 9.17) is 4.74 Å². The third-order valence-corrected chi connectivity index (χ3v) is 5.80. The zero-order valence-corrected chi connectivity index (χ0v) is 16.5. The van der Waals surface area contributed by atoms with Gasteiger partial charge in [0.15, 0.2) is 4.34 Å². The third-order valence-electron chi connectivity index (χ3n) is 3.75. The van der Waals surface area contributed by atoms with Gasteiger partial charge in [-0.05, 0) is 55.3 Å². The summed E-state index contributed by atoms with van der Waals surface area (Å²) in [5.74, 6) is -0.123. The number of hydrogen-bond donors (Lipinski definition) is 1. The van der Waals surface area contributed by atoms with E-state index in [1.807, 2.05) is 49.6 Å². The first-order valence-corrected chi connectivity index (χ1v) is 9.84. The van der Waals surface area contributed by atoms with Crippen LogP contribution < -0.4 is 5.32 Å². The molecule has 0 aliphatic rings. The van der Waals surface area contributed by atoms with Gasteiger partial charge in [0, 0.05) is 34.3 Å². The zero-order valence-electron chi connectivity index (χ0n) is 14.9. The van der Waals surface area contributed by atoms with Crippen LogP contribution in [0.2, 0.25) is 0 Å². The van der Waals surface area contributed by atoms with Gasteiger partial charge in [0.1, 0.15) is 0 Å². The fourth-order valence-electron chi connectivity index (χ4n) is 2.48. The first-order valence-electron chi connectivity index (χ1n) is 8.15. The normalized spacial score (nSPS) is 10.7. The molecule has 1 heterocycles. The number of thiazole rings is 1. The Bertz CT molecular complexity index is 922. The lowest BCUT2D eigenvalue weighted by Crippen LogP contribution is -2.13. The molecule has 0 radical (unpaired) electrons. The lowest BCUT2D eigenvalue weighted by Gasteiger charge is -2.10. The first-order chi connectivity index (χ1) is 12.5. The predicted molar refractivity (Wildman–Crippen MR) is 107 cm³/mol. The molecule has 2 aromatic carbocycles. The smallest absolute Gasteiger partial charge is 0.255 e. The number of methoxy groups -OCH3 is 1. The quantitative estimate of drug-likeness (QED) is 0.626. The Balaban J connectivity index is 1.71. The molecule has 1 N–H and O–H groups in total. The van der Waals surface area contributed by atoms with Gasteiger partial charge in [-0.25, -0.2) is 4.98 Å². The maximum Gasteiger partial charge on any atom is 0.255 e. The van der Waals surface area contributed by atoms with Gasteiger partial charge in [0.05, 0.1) is 6.61 Å². The molecule has 4 nitrogen and oxygen atoms in total. The molecule has 0 aliphatic carbocycles. The number of carbonyl (C=O) groups excluding carboxylic acids is 1. The minimum Gasteiger partial charge on any atom is -0.380 e. The summed E-state index contributed by atoms with van der Waals surface area (Å²) in [6.07, 6.45) is 0. The van der Waals surface area contributed by atoms with Crippen LogP contribution in [0.25, 0.3) is 0 Å². The van der Waals surface area contributed by atoms with Crippen LogP contribution in [0.4, 0.5) is 5.69 Å². The van der Waals surface area contributed by atoms with Crippen molar-refractivity contribution in [2.24, 2.45) is 0 Å². The van der Waals surface area contributed by atoms with Gasteiger partial charge in [-0.3, -0.25) is 4.79 Å². The van der Waals surface area contributed by atoms with Crippen molar-refractivity contribution in [3.63, 3.8) is 0 Å². The summed E-state index contributed by atoms with van der Waals surface area (Å²) in [7, 11) is 1.64. The van der Waals surface area contributed by atoms with Crippen LogP contribution >= 0.6 is 23.1 Å². The van der Waals surface area contributed by atoms with E-state index in [2.05, 4.69) is 16.4 Å². The number of nitrogens with one attached hydrogen (secondary N) is 1. The SMILES string of the molecule is COCc1cccc(C(=O)Nc2ccc(Sc3nc(C)cs3)cc2C)c1. The highest BCUT2D eigenvalue weighted by atomic mass is 32.2. The number of hydrogen-bond acceptors (Lipinski definition) is 5. The fourth-order valence-corrected chi connectivity index (χ4v) is 4.39. The minimum atomic E-state index is -0.123. The van der Waals surface area contributed by atoms with Crippen LogP contribution in [0.3, 0.4) is 0 Å². The third kappa shape index (κ3) is 4.72. The topological polar surface area (TPSA) is 51.2 Å². The molecular formula is C20H20N2O2S2. The maximum absolute atomic E-state index is 12.5. The van der Waals surface area contributed by atoms with Crippen LogP contribution in [-0.4, -0.2) is 18.0 Å². The molecule has 0 bridgehead atoms. The second-order valence-electron chi connectivity index (χ2n) is 5.92. The molecule has 1 aromatic heterocycles. The standard InChI is InChI=1S/C20H20N2O2S2/c1-13-9-17(26-20-21-14(2)12-25-20)7-8-18(13)22-19(23)16-6-4-5-15(10-16)11-24-3/h4-10,12H,11H2,1-3H3,(H,22,23). The van der Waals surface area contributed by atoms with E-state index >= 15 is 0 Å². The lowest BCUT2D eigenvalue weighted by molar-refractivity contribution is 0.102. The largest absolute Gasteiger partial charge is 0.380 e. The van der Waals surface area contributed by atoms with Gasteiger partial charge in [-0.1, -0.05) is 23.9 Å². The van der Waals surface area contributed by atoms with Gasteiger partial charge >= 0.3 is 0 Å². The molecule has 134 valence electrons. The molecule has 0 unspecified atom stereocenters. The van der Waals surface area contributed by atoms with Crippen LogP contribution in [-0.2, 0) is 11.3 Å². The predicted octanol–water partition coefficient (Wildman–Crippen LogP) is 5.31. The van der Waals surface area contributed by atoms with Crippen LogP contribution in [0.15, 0.2) is 57.1 Å². The summed E-state index contributed by atoms with van der Waals surface area (Å²) in [6, 6.07) is 13.5. The average Bonchev–Trinajstić information content (AvgIpc) is 3.02. The Morgan fingerprint density at radius 3 is 2.77 bits per heavy atom. The molecule has 0 aliphatic heterocycles. The van der Waals surface area contributed by atoms with E-state index in [0.717, 1.165) is 31.7 Å². The molecule has 0 spiro atoms. The number of amides is 1. The molecule has 0 saturated heterocycles. The van der Waals surface area contributed by atoms with E-state index in [9.17, 15) is 4.79 Å². The Hall–Kier alpha value is -2.15. The second-order valence-corrected chi connectivity index (χ2v) is 8.10. The average molecular weight is 385 g/mol. The summed E-state index contributed by atoms with van der Waals surface area (Å²) < 4.78 is 6.15. The van der Waals surface area contributed by atoms with Crippen molar-refractivity contribution < 1.29 is 9.53 Å². The fraction of sp³-hybridized carbons (Fsp3) is 0.200. The number of ether oxygens (including phenoxy) is 1. The van der Waals surface area contributed by atoms with Crippen LogP contribution in [0, 0.1) is 13.8 Å². The highest BCUT2D eigenvalue weighted by Crippen LogP contribution is 2.32. The van der Waals surface area contributed by atoms with Crippen molar-refractivity contribution in [1.82, 2.24) is 4.98 Å². The molecule has 1 amide bonds. The van der Waals surface area contributed by atoms with E-state index in [1.165, 1.54) is 0 Å². The van der Waals surface area contributed by atoms with E-state index in [0.29, 0.717) is 12.2 Å². The van der Waals surface area contributed by atoms with Crippen molar-refractivity contribution in [3.8, 4) is 0 Å². The summed E-state index contributed by atoms with van der Waals surface area (Å²) in [5.41, 5.74) is 4.46. The van der Waals surface area contributed by atoms with Crippen molar-refractivity contribution in [2.75, 3.05) is 12.4 Å². The molecule has 3 rings (SSSR count). The Kier molecular flexibility index (Phi) is 6.08. The summed E-state index contributed by atoms with van der Waals surface area (Å²) in [4.78, 5) is 18.1. The Labute approximate surface area is 161 Å². The Morgan fingerprint density at radius 2 is 2.08 bits per heavy atom. The summed E-state index contributed by atoms with van der Waals surface area (Å²) in [5, 5.41) is 5.03. The monoisotopic (exact) mass is 384 g/mol. The van der Waals surface area contributed by atoms with Gasteiger partial charge in [0.25, 0.3) is 5.91 Å². The second kappa shape index (κ2) is 8.49. The van der Waals surface area contributed by atoms with E-state index in [-0.39, 0.29) is 5.91 Å². The molecule has 0 fully saturated rings. The summed E-state index contributed by atoms with van der Waals surface area (Å²) >= 11 is 3.27. The number of aromatic nitrogens is 1. The molecule has 3 aromatic rings. The highest BCUT2D eigenvalue weighted by Gasteiger charge is 2.10. The Morgan fingerprint density at radius 1 is 1.23 bits per heavy atom. The van der Waals surface area contributed by atoms with Gasteiger partial charge in [-0.15, -0.1) is 11.3 Å². The first kappa shape index (κ1) is 18.6. The van der Waals surface area contributed by atoms with Gasteiger partial charge in [0.2, 0.25) is 0 Å². The number of rotatable bonds is 6. The number of anilines is 1. The highest BCUT2D eigenvalue weighted by molar-refractivity contribution is 8.01. The number of nitrogens with zero attached hydrogens (tertiary/aromatic N) is 1. The zero-order chi connectivity index (χ0) is 18.5. The van der Waals surface area contributed by atoms with E-state index in [1.54, 1.807) is 36.3 Å². The molecule has 26 heavy (non-hydrogen) atoms. The van der Waals surface area contributed by atoms with Gasteiger partial charge in [-0.2, -0.15) is 0 Å². The van der Waals surface area contributed by atoms with Crippen LogP contribution in [0.5, 0.6) is 0 Å². The van der Waals surface area contributed by atoms with Crippen LogP contribution in [0.1, 0.15) is 27.2 Å². The lowest BCUT2D eigenvalue weighted by atomic mass is 10.1. The molecule has 6 heteroatoms.